The van der Waals surface area contributed by atoms with Crippen LogP contribution in [0.25, 0.3) is 0 Å². The highest BCUT2D eigenvalue weighted by atomic mass is 16.6. The van der Waals surface area contributed by atoms with Gasteiger partial charge in [0, 0.05) is 12.3 Å². The number of pyridine rings is 1. The average Bonchev–Trinajstić information content (AvgIpc) is 2.53. The molecule has 0 aromatic carbocycles. The monoisotopic (exact) mass is 338 g/mol. The van der Waals surface area contributed by atoms with Gasteiger partial charge in [0.05, 0.1) is 24.6 Å². The molecule has 24 heavy (non-hydrogen) atoms. The van der Waals surface area contributed by atoms with E-state index in [0.717, 1.165) is 0 Å². The third-order valence-electron chi connectivity index (χ3n) is 3.68. The minimum atomic E-state index is -1.56. The number of aromatic nitrogens is 1. The summed E-state index contributed by atoms with van der Waals surface area (Å²) < 4.78 is 10.0. The van der Waals surface area contributed by atoms with Crippen LogP contribution in [0.1, 0.15) is 44.9 Å². The summed E-state index contributed by atoms with van der Waals surface area (Å²) in [4.78, 5) is 39.6. The van der Waals surface area contributed by atoms with Gasteiger partial charge in [-0.05, 0) is 32.8 Å². The summed E-state index contributed by atoms with van der Waals surface area (Å²) in [7, 11) is 0. The van der Waals surface area contributed by atoms with Crippen molar-refractivity contribution in [3.8, 4) is 0 Å². The molecule has 0 saturated carbocycles. The maximum atomic E-state index is 12.6. The molecule has 1 aromatic rings. The van der Waals surface area contributed by atoms with Crippen LogP contribution in [0.4, 0.5) is 5.69 Å². The van der Waals surface area contributed by atoms with Crippen molar-refractivity contribution >= 4 is 17.6 Å². The summed E-state index contributed by atoms with van der Waals surface area (Å²) in [5, 5.41) is 11.4. The standard InChI is InChI=1S/C16H22N2O6/c1-5-16(15(20)24-7-3,9-13(19)23-6-2)14-12(18(21)22)8-11(4)10-17-14/h8,10H,5-7,9H2,1-4H3. The Balaban J connectivity index is 3.54. The minimum Gasteiger partial charge on any atom is -0.466 e. The zero-order chi connectivity index (χ0) is 18.3. The van der Waals surface area contributed by atoms with Crippen LogP contribution < -0.4 is 0 Å². The average molecular weight is 338 g/mol. The highest BCUT2D eigenvalue weighted by Crippen LogP contribution is 2.38. The molecular weight excluding hydrogens is 316 g/mol. The molecule has 1 atom stereocenters. The lowest BCUT2D eigenvalue weighted by molar-refractivity contribution is -0.386. The Morgan fingerprint density at radius 1 is 1.25 bits per heavy atom. The molecule has 0 amide bonds. The number of hydrogen-bond acceptors (Lipinski definition) is 7. The summed E-state index contributed by atoms with van der Waals surface area (Å²) in [6, 6.07) is 1.33. The molecule has 8 heteroatoms. The van der Waals surface area contributed by atoms with Crippen LogP contribution in [-0.2, 0) is 24.5 Å². The summed E-state index contributed by atoms with van der Waals surface area (Å²) >= 11 is 0. The lowest BCUT2D eigenvalue weighted by Crippen LogP contribution is -2.41. The van der Waals surface area contributed by atoms with Gasteiger partial charge in [0.15, 0.2) is 0 Å². The largest absolute Gasteiger partial charge is 0.466 e. The Morgan fingerprint density at radius 2 is 1.88 bits per heavy atom. The van der Waals surface area contributed by atoms with Gasteiger partial charge in [-0.3, -0.25) is 24.7 Å². The van der Waals surface area contributed by atoms with E-state index in [4.69, 9.17) is 9.47 Å². The van der Waals surface area contributed by atoms with E-state index >= 15 is 0 Å². The quantitative estimate of drug-likeness (QED) is 0.407. The molecule has 0 fully saturated rings. The van der Waals surface area contributed by atoms with Crippen molar-refractivity contribution in [1.82, 2.24) is 4.98 Å². The summed E-state index contributed by atoms with van der Waals surface area (Å²) in [5.41, 5.74) is -1.37. The number of carbonyl (C=O) groups is 2. The molecule has 1 aromatic heterocycles. The fourth-order valence-corrected chi connectivity index (χ4v) is 2.48. The van der Waals surface area contributed by atoms with Gasteiger partial charge in [0.2, 0.25) is 0 Å². The highest BCUT2D eigenvalue weighted by molar-refractivity contribution is 5.89. The smallest absolute Gasteiger partial charge is 0.319 e. The van der Waals surface area contributed by atoms with Crippen LogP contribution in [0.5, 0.6) is 0 Å². The normalized spacial score (nSPS) is 13.0. The number of esters is 2. The maximum Gasteiger partial charge on any atom is 0.319 e. The van der Waals surface area contributed by atoms with Gasteiger partial charge in [0.25, 0.3) is 5.69 Å². The molecule has 1 rings (SSSR count). The number of rotatable bonds is 8. The first-order chi connectivity index (χ1) is 11.3. The molecule has 0 aliphatic rings. The Hall–Kier alpha value is -2.51. The second-order valence-electron chi connectivity index (χ2n) is 5.28. The fraction of sp³-hybridized carbons (Fsp3) is 0.562. The van der Waals surface area contributed by atoms with Crippen molar-refractivity contribution in [1.29, 1.82) is 0 Å². The lowest BCUT2D eigenvalue weighted by Gasteiger charge is -2.28. The predicted octanol–water partition coefficient (Wildman–Crippen LogP) is 2.46. The van der Waals surface area contributed by atoms with Gasteiger partial charge in [0.1, 0.15) is 11.1 Å². The highest BCUT2D eigenvalue weighted by Gasteiger charge is 2.48. The fourth-order valence-electron chi connectivity index (χ4n) is 2.48. The molecule has 0 bridgehead atoms. The van der Waals surface area contributed by atoms with Gasteiger partial charge in [-0.25, -0.2) is 0 Å². The third kappa shape index (κ3) is 4.06. The molecule has 1 heterocycles. The summed E-state index contributed by atoms with van der Waals surface area (Å²) in [5.74, 6) is -1.36. The van der Waals surface area contributed by atoms with Crippen molar-refractivity contribution in [2.75, 3.05) is 13.2 Å². The first-order valence-corrected chi connectivity index (χ1v) is 7.76. The van der Waals surface area contributed by atoms with Crippen molar-refractivity contribution in [2.45, 2.75) is 46.0 Å². The molecule has 0 radical (unpaired) electrons. The van der Waals surface area contributed by atoms with E-state index in [1.807, 2.05) is 0 Å². The molecule has 0 aliphatic carbocycles. The number of ether oxygens (including phenoxy) is 2. The summed E-state index contributed by atoms with van der Waals surface area (Å²) in [6.45, 7) is 6.81. The van der Waals surface area contributed by atoms with Crippen molar-refractivity contribution in [2.24, 2.45) is 0 Å². The van der Waals surface area contributed by atoms with E-state index in [1.54, 1.807) is 27.7 Å². The van der Waals surface area contributed by atoms with E-state index in [-0.39, 0.29) is 37.4 Å². The van der Waals surface area contributed by atoms with Gasteiger partial charge in [-0.15, -0.1) is 0 Å². The molecule has 132 valence electrons. The van der Waals surface area contributed by atoms with E-state index in [9.17, 15) is 19.7 Å². The van der Waals surface area contributed by atoms with Crippen LogP contribution in [0.3, 0.4) is 0 Å². The maximum absolute atomic E-state index is 12.6. The number of carbonyl (C=O) groups excluding carboxylic acids is 2. The Kier molecular flexibility index (Phi) is 6.82. The van der Waals surface area contributed by atoms with Crippen molar-refractivity contribution < 1.29 is 24.0 Å². The number of nitrogens with zero attached hydrogens (tertiary/aromatic N) is 2. The van der Waals surface area contributed by atoms with E-state index in [2.05, 4.69) is 4.98 Å². The van der Waals surface area contributed by atoms with Gasteiger partial charge < -0.3 is 9.47 Å². The molecule has 0 spiro atoms. The molecular formula is C16H22N2O6. The second-order valence-corrected chi connectivity index (χ2v) is 5.28. The number of hydrogen-bond donors (Lipinski definition) is 0. The van der Waals surface area contributed by atoms with Crippen molar-refractivity contribution in [3.63, 3.8) is 0 Å². The zero-order valence-electron chi connectivity index (χ0n) is 14.3. The lowest BCUT2D eigenvalue weighted by atomic mass is 9.77. The second kappa shape index (κ2) is 8.37. The first kappa shape index (κ1) is 19.5. The van der Waals surface area contributed by atoms with Crippen molar-refractivity contribution in [3.05, 3.63) is 33.6 Å². The van der Waals surface area contributed by atoms with Gasteiger partial charge in [-0.2, -0.15) is 0 Å². The van der Waals surface area contributed by atoms with Crippen LogP contribution in [0, 0.1) is 17.0 Å². The zero-order valence-corrected chi connectivity index (χ0v) is 14.3. The molecule has 8 nitrogen and oxygen atoms in total. The van der Waals surface area contributed by atoms with Gasteiger partial charge >= 0.3 is 11.9 Å². The minimum absolute atomic E-state index is 0.0768. The van der Waals surface area contributed by atoms with E-state index < -0.39 is 22.3 Å². The molecule has 1 unspecified atom stereocenters. The van der Waals surface area contributed by atoms with Crippen LogP contribution in [-0.4, -0.2) is 35.1 Å². The third-order valence-corrected chi connectivity index (χ3v) is 3.68. The number of nitro groups is 1. The molecule has 0 aliphatic heterocycles. The topological polar surface area (TPSA) is 109 Å². The van der Waals surface area contributed by atoms with E-state index in [1.165, 1.54) is 12.3 Å². The van der Waals surface area contributed by atoms with E-state index in [0.29, 0.717) is 5.56 Å². The van der Waals surface area contributed by atoms with Crippen LogP contribution in [0.15, 0.2) is 12.3 Å². The van der Waals surface area contributed by atoms with Crippen LogP contribution >= 0.6 is 0 Å². The molecule has 0 N–H and O–H groups in total. The Morgan fingerprint density at radius 3 is 2.38 bits per heavy atom. The Bertz CT molecular complexity index is 631. The molecule has 0 saturated heterocycles. The van der Waals surface area contributed by atoms with Crippen LogP contribution in [0.2, 0.25) is 0 Å². The SMILES string of the molecule is CCOC(=O)CC(CC)(C(=O)OCC)c1ncc(C)cc1[N+](=O)[O-]. The number of aryl methyl sites for hydroxylation is 1. The summed E-state index contributed by atoms with van der Waals surface area (Å²) in [6.07, 6.45) is 1.17. The van der Waals surface area contributed by atoms with Gasteiger partial charge in [-0.1, -0.05) is 6.92 Å². The predicted molar refractivity (Wildman–Crippen MR) is 85.5 cm³/mol. The Labute approximate surface area is 140 Å². The first-order valence-electron chi connectivity index (χ1n) is 7.76.